The number of benzene rings is 2. The number of nitrogen functional groups attached to an aromatic ring is 1. The third-order valence-electron chi connectivity index (χ3n) is 4.73. The molecule has 2 aromatic heterocycles. The van der Waals surface area contributed by atoms with Gasteiger partial charge < -0.3 is 15.5 Å². The van der Waals surface area contributed by atoms with Crippen LogP contribution in [0.15, 0.2) is 46.9 Å². The molecule has 1 amide bonds. The number of anilines is 2. The predicted molar refractivity (Wildman–Crippen MR) is 119 cm³/mol. The summed E-state index contributed by atoms with van der Waals surface area (Å²) in [5, 5.41) is 11.4. The van der Waals surface area contributed by atoms with Crippen LogP contribution in [0.5, 0.6) is 0 Å². The fourth-order valence-electron chi connectivity index (χ4n) is 3.30. The van der Waals surface area contributed by atoms with E-state index in [1.165, 1.54) is 4.68 Å². The maximum absolute atomic E-state index is 12.7. The normalized spacial score (nSPS) is 11.0. The van der Waals surface area contributed by atoms with Crippen molar-refractivity contribution in [2.24, 2.45) is 0 Å². The Labute approximate surface area is 184 Å². The molecule has 31 heavy (non-hydrogen) atoms. The van der Waals surface area contributed by atoms with Gasteiger partial charge in [-0.1, -0.05) is 28.9 Å². The molecule has 0 spiro atoms. The van der Waals surface area contributed by atoms with Crippen molar-refractivity contribution in [2.45, 2.75) is 27.3 Å². The third kappa shape index (κ3) is 4.44. The van der Waals surface area contributed by atoms with Crippen LogP contribution in [-0.2, 0) is 6.54 Å². The van der Waals surface area contributed by atoms with Crippen LogP contribution in [0.3, 0.4) is 0 Å². The molecule has 0 aliphatic rings. The smallest absolute Gasteiger partial charge is 0.280 e. The van der Waals surface area contributed by atoms with Crippen molar-refractivity contribution in [3.8, 4) is 11.5 Å². The monoisotopic (exact) mass is 436 g/mol. The topological polar surface area (TPSA) is 112 Å². The number of aromatic nitrogens is 4. The van der Waals surface area contributed by atoms with Crippen LogP contribution in [0.1, 0.15) is 33.1 Å². The van der Waals surface area contributed by atoms with E-state index < -0.39 is 5.91 Å². The molecule has 4 rings (SSSR count). The van der Waals surface area contributed by atoms with Crippen LogP contribution in [0.2, 0.25) is 5.02 Å². The molecule has 0 aliphatic carbocycles. The quantitative estimate of drug-likeness (QED) is 0.479. The molecule has 0 radical (unpaired) electrons. The number of nitrogens with zero attached hydrogens (tertiary/aromatic N) is 4. The fourth-order valence-corrected chi connectivity index (χ4v) is 3.49. The summed E-state index contributed by atoms with van der Waals surface area (Å²) < 4.78 is 7.19. The number of oxazole rings is 1. The fraction of sp³-hybridized carbons (Fsp3) is 0.182. The molecule has 0 saturated carbocycles. The Morgan fingerprint density at radius 2 is 1.90 bits per heavy atom. The Morgan fingerprint density at radius 1 is 1.16 bits per heavy atom. The first-order valence-electron chi connectivity index (χ1n) is 9.61. The van der Waals surface area contributed by atoms with Crippen LogP contribution < -0.4 is 11.1 Å². The molecule has 4 aromatic rings. The molecule has 0 bridgehead atoms. The van der Waals surface area contributed by atoms with Crippen molar-refractivity contribution in [3.63, 3.8) is 0 Å². The molecule has 158 valence electrons. The lowest BCUT2D eigenvalue weighted by Crippen LogP contribution is -2.15. The maximum atomic E-state index is 12.7. The van der Waals surface area contributed by atoms with Gasteiger partial charge in [-0.3, -0.25) is 4.79 Å². The Bertz CT molecular complexity index is 1260. The number of nitrogens with one attached hydrogen (secondary N) is 1. The van der Waals surface area contributed by atoms with Crippen molar-refractivity contribution in [1.29, 1.82) is 0 Å². The average Bonchev–Trinajstić information content (AvgIpc) is 3.24. The number of carbonyl (C=O) groups excluding carboxylic acids is 1. The van der Waals surface area contributed by atoms with Crippen molar-refractivity contribution in [3.05, 3.63) is 75.8 Å². The zero-order valence-corrected chi connectivity index (χ0v) is 18.1. The lowest BCUT2D eigenvalue weighted by atomic mass is 10.1. The van der Waals surface area contributed by atoms with E-state index in [9.17, 15) is 4.79 Å². The molecule has 2 aromatic carbocycles. The minimum atomic E-state index is -0.426. The van der Waals surface area contributed by atoms with Gasteiger partial charge in [-0.2, -0.15) is 0 Å². The van der Waals surface area contributed by atoms with Gasteiger partial charge in [0.05, 0.1) is 6.54 Å². The molecule has 2 heterocycles. The summed E-state index contributed by atoms with van der Waals surface area (Å²) in [6, 6.07) is 13.0. The maximum Gasteiger partial charge on any atom is 0.280 e. The second kappa shape index (κ2) is 8.23. The van der Waals surface area contributed by atoms with Crippen LogP contribution in [0.25, 0.3) is 11.5 Å². The predicted octanol–water partition coefficient (Wildman–Crippen LogP) is 4.39. The van der Waals surface area contributed by atoms with Crippen LogP contribution in [-0.4, -0.2) is 25.9 Å². The van der Waals surface area contributed by atoms with Gasteiger partial charge in [0.2, 0.25) is 5.89 Å². The number of nitrogens with two attached hydrogens (primary N) is 1. The van der Waals surface area contributed by atoms with E-state index in [1.54, 1.807) is 19.1 Å². The Kier molecular flexibility index (Phi) is 5.48. The minimum Gasteiger partial charge on any atom is -0.441 e. The molecule has 0 fully saturated rings. The lowest BCUT2D eigenvalue weighted by molar-refractivity contribution is 0.102. The van der Waals surface area contributed by atoms with Crippen molar-refractivity contribution >= 4 is 29.0 Å². The highest BCUT2D eigenvalue weighted by Gasteiger charge is 2.20. The molecule has 8 nitrogen and oxygen atoms in total. The van der Waals surface area contributed by atoms with Crippen LogP contribution in [0.4, 0.5) is 11.5 Å². The summed E-state index contributed by atoms with van der Waals surface area (Å²) in [6.45, 7) is 5.94. The number of rotatable bonds is 5. The second-order valence-electron chi connectivity index (χ2n) is 7.34. The molecule has 0 saturated heterocycles. The average molecular weight is 437 g/mol. The molecule has 3 N–H and O–H groups in total. The SMILES string of the molecule is Cc1cc(C)cc(NC(=O)c2nnn(Cc3nc(-c4cccc(Cl)c4)oc3C)c2N)c1. The van der Waals surface area contributed by atoms with Gasteiger partial charge in [0.25, 0.3) is 5.91 Å². The number of aryl methyl sites for hydroxylation is 3. The summed E-state index contributed by atoms with van der Waals surface area (Å²) in [4.78, 5) is 17.2. The van der Waals surface area contributed by atoms with Gasteiger partial charge in [-0.25, -0.2) is 9.67 Å². The summed E-state index contributed by atoms with van der Waals surface area (Å²) in [6.07, 6.45) is 0. The van der Waals surface area contributed by atoms with E-state index in [4.69, 9.17) is 21.8 Å². The van der Waals surface area contributed by atoms with Gasteiger partial charge in [0.15, 0.2) is 11.5 Å². The molecule has 0 atom stereocenters. The summed E-state index contributed by atoms with van der Waals surface area (Å²) in [5.41, 5.74) is 10.4. The van der Waals surface area contributed by atoms with E-state index >= 15 is 0 Å². The Morgan fingerprint density at radius 3 is 2.61 bits per heavy atom. The number of hydrogen-bond donors (Lipinski definition) is 2. The highest BCUT2D eigenvalue weighted by atomic mass is 35.5. The first kappa shape index (κ1) is 20.6. The number of carbonyl (C=O) groups is 1. The van der Waals surface area contributed by atoms with E-state index in [-0.39, 0.29) is 18.1 Å². The van der Waals surface area contributed by atoms with E-state index in [0.29, 0.717) is 28.1 Å². The van der Waals surface area contributed by atoms with Crippen molar-refractivity contribution in [1.82, 2.24) is 20.0 Å². The van der Waals surface area contributed by atoms with E-state index in [1.807, 2.05) is 44.2 Å². The van der Waals surface area contributed by atoms with E-state index in [0.717, 1.165) is 16.7 Å². The van der Waals surface area contributed by atoms with E-state index in [2.05, 4.69) is 20.6 Å². The largest absolute Gasteiger partial charge is 0.441 e. The zero-order chi connectivity index (χ0) is 22.1. The summed E-state index contributed by atoms with van der Waals surface area (Å²) in [7, 11) is 0. The lowest BCUT2D eigenvalue weighted by Gasteiger charge is -2.06. The van der Waals surface area contributed by atoms with Gasteiger partial charge in [0, 0.05) is 16.3 Å². The third-order valence-corrected chi connectivity index (χ3v) is 4.97. The highest BCUT2D eigenvalue weighted by molar-refractivity contribution is 6.30. The van der Waals surface area contributed by atoms with Gasteiger partial charge in [0.1, 0.15) is 11.5 Å². The first-order valence-corrected chi connectivity index (χ1v) is 9.99. The molecular weight excluding hydrogens is 416 g/mol. The molecule has 9 heteroatoms. The Balaban J connectivity index is 1.54. The first-order chi connectivity index (χ1) is 14.8. The summed E-state index contributed by atoms with van der Waals surface area (Å²) >= 11 is 6.05. The summed E-state index contributed by atoms with van der Waals surface area (Å²) in [5.74, 6) is 0.784. The standard InChI is InChI=1S/C22H21ClN6O2/c1-12-7-13(2)9-17(8-12)25-21(30)19-20(24)29(28-27-19)11-18-14(3)31-22(26-18)15-5-4-6-16(23)10-15/h4-10H,11,24H2,1-3H3,(H,25,30). The zero-order valence-electron chi connectivity index (χ0n) is 17.3. The number of halogens is 1. The van der Waals surface area contributed by atoms with Crippen molar-refractivity contribution < 1.29 is 9.21 Å². The molecule has 0 aliphatic heterocycles. The van der Waals surface area contributed by atoms with Gasteiger partial charge >= 0.3 is 0 Å². The van der Waals surface area contributed by atoms with Crippen molar-refractivity contribution in [2.75, 3.05) is 11.1 Å². The molecular formula is C22H21ClN6O2. The Hall–Kier alpha value is -3.65. The highest BCUT2D eigenvalue weighted by Crippen LogP contribution is 2.25. The number of amides is 1. The molecule has 0 unspecified atom stereocenters. The minimum absolute atomic E-state index is 0.0513. The van der Waals surface area contributed by atoms with Crippen LogP contribution >= 0.6 is 11.6 Å². The number of hydrogen-bond acceptors (Lipinski definition) is 6. The second-order valence-corrected chi connectivity index (χ2v) is 7.78. The van der Waals surface area contributed by atoms with Gasteiger partial charge in [-0.05, 0) is 62.2 Å². The van der Waals surface area contributed by atoms with Gasteiger partial charge in [-0.15, -0.1) is 5.10 Å². The van der Waals surface area contributed by atoms with Crippen LogP contribution in [0, 0.1) is 20.8 Å².